The number of aromatic nitrogens is 3. The summed E-state index contributed by atoms with van der Waals surface area (Å²) in [4.78, 5) is 16.6. The Morgan fingerprint density at radius 2 is 2.04 bits per heavy atom. The second kappa shape index (κ2) is 7.07. The molecule has 0 amide bonds. The molecule has 1 aliphatic heterocycles. The van der Waals surface area contributed by atoms with Gasteiger partial charge in [0.1, 0.15) is 12.4 Å². The number of hydrogen-bond donors (Lipinski definition) is 1. The van der Waals surface area contributed by atoms with Crippen LogP contribution < -0.4 is 14.8 Å². The summed E-state index contributed by atoms with van der Waals surface area (Å²) >= 11 is 0. The van der Waals surface area contributed by atoms with Gasteiger partial charge in [-0.15, -0.1) is 0 Å². The number of nitrogens with one attached hydrogen (secondary N) is 1. The molecule has 2 heterocycles. The summed E-state index contributed by atoms with van der Waals surface area (Å²) in [5.74, 6) is 1.35. The molecule has 2 aromatic rings. The Labute approximate surface area is 151 Å². The summed E-state index contributed by atoms with van der Waals surface area (Å²) < 4.78 is 17.9. The number of fused-ring (bicyclic) bond motifs is 1. The first-order valence-electron chi connectivity index (χ1n) is 8.26. The van der Waals surface area contributed by atoms with Crippen LogP contribution in [0, 0.1) is 0 Å². The highest BCUT2D eigenvalue weighted by Crippen LogP contribution is 2.38. The van der Waals surface area contributed by atoms with Crippen LogP contribution in [-0.4, -0.2) is 41.1 Å². The molecule has 1 N–H and O–H groups in total. The molecule has 0 spiro atoms. The summed E-state index contributed by atoms with van der Waals surface area (Å²) in [7, 11) is 2.94. The average Bonchev–Trinajstić information content (AvgIpc) is 3.07. The molecule has 0 bridgehead atoms. The molecule has 0 saturated heterocycles. The van der Waals surface area contributed by atoms with E-state index in [0.717, 1.165) is 5.56 Å². The number of carbonyl (C=O) groups is 1. The van der Waals surface area contributed by atoms with Gasteiger partial charge in [0.2, 0.25) is 5.95 Å². The smallest absolute Gasteiger partial charge is 0.338 e. The van der Waals surface area contributed by atoms with E-state index >= 15 is 0 Å². The van der Waals surface area contributed by atoms with Gasteiger partial charge in [0.05, 0.1) is 25.9 Å². The Kier molecular flexibility index (Phi) is 4.83. The number of carbonyl (C=O) groups excluding carboxylic acids is 1. The third-order valence-corrected chi connectivity index (χ3v) is 4.07. The van der Waals surface area contributed by atoms with Gasteiger partial charge in [-0.25, -0.2) is 9.48 Å². The number of rotatable bonds is 5. The third-order valence-electron chi connectivity index (χ3n) is 4.07. The van der Waals surface area contributed by atoms with E-state index in [1.165, 1.54) is 13.4 Å². The highest BCUT2D eigenvalue weighted by molar-refractivity contribution is 5.92. The molecule has 0 saturated carbocycles. The van der Waals surface area contributed by atoms with Gasteiger partial charge in [-0.3, -0.25) is 0 Å². The number of benzene rings is 1. The molecule has 138 valence electrons. The van der Waals surface area contributed by atoms with Gasteiger partial charge in [-0.1, -0.05) is 6.07 Å². The van der Waals surface area contributed by atoms with Crippen molar-refractivity contribution in [3.63, 3.8) is 0 Å². The van der Waals surface area contributed by atoms with Crippen LogP contribution in [0.4, 0.5) is 5.95 Å². The zero-order valence-electron chi connectivity index (χ0n) is 15.4. The number of hydrogen-bond acceptors (Lipinski definition) is 7. The SMILES string of the molecule is COC(=O)C1=C(C)Nc2ncnn2C1c1ccc(OC(C)C)c(OC)c1. The van der Waals surface area contributed by atoms with E-state index in [4.69, 9.17) is 14.2 Å². The van der Waals surface area contributed by atoms with Gasteiger partial charge in [-0.2, -0.15) is 10.1 Å². The van der Waals surface area contributed by atoms with Crippen LogP contribution in [0.5, 0.6) is 11.5 Å². The van der Waals surface area contributed by atoms with Crippen LogP contribution in [0.1, 0.15) is 32.4 Å². The number of ether oxygens (including phenoxy) is 3. The van der Waals surface area contributed by atoms with Crippen molar-refractivity contribution < 1.29 is 19.0 Å². The molecule has 3 rings (SSSR count). The van der Waals surface area contributed by atoms with Crippen LogP contribution in [0.25, 0.3) is 0 Å². The quantitative estimate of drug-likeness (QED) is 0.822. The molecule has 1 aromatic heterocycles. The zero-order chi connectivity index (χ0) is 18.8. The van der Waals surface area contributed by atoms with Gasteiger partial charge in [0.15, 0.2) is 11.5 Å². The molecule has 1 aromatic carbocycles. The van der Waals surface area contributed by atoms with Crippen molar-refractivity contribution >= 4 is 11.9 Å². The van der Waals surface area contributed by atoms with Gasteiger partial charge in [-0.05, 0) is 38.5 Å². The predicted molar refractivity (Wildman–Crippen MR) is 95.3 cm³/mol. The van der Waals surface area contributed by atoms with Gasteiger partial charge in [0, 0.05) is 5.70 Å². The van der Waals surface area contributed by atoms with Crippen molar-refractivity contribution in [2.45, 2.75) is 32.9 Å². The Bertz CT molecular complexity index is 857. The third kappa shape index (κ3) is 3.10. The molecule has 1 aliphatic rings. The van der Waals surface area contributed by atoms with Crippen LogP contribution in [0.15, 0.2) is 35.8 Å². The number of esters is 1. The fraction of sp³-hybridized carbons (Fsp3) is 0.389. The van der Waals surface area contributed by atoms with E-state index in [0.29, 0.717) is 28.7 Å². The number of methoxy groups -OCH3 is 2. The summed E-state index contributed by atoms with van der Waals surface area (Å²) in [6.45, 7) is 5.71. The van der Waals surface area contributed by atoms with E-state index in [1.807, 2.05) is 39.0 Å². The molecule has 1 unspecified atom stereocenters. The molecule has 0 fully saturated rings. The lowest BCUT2D eigenvalue weighted by molar-refractivity contribution is -0.136. The lowest BCUT2D eigenvalue weighted by atomic mass is 9.95. The fourth-order valence-corrected chi connectivity index (χ4v) is 2.98. The minimum atomic E-state index is -0.483. The maximum absolute atomic E-state index is 12.4. The summed E-state index contributed by atoms with van der Waals surface area (Å²) in [5.41, 5.74) is 1.94. The topological polar surface area (TPSA) is 87.5 Å². The molecular formula is C18H22N4O4. The normalized spacial score (nSPS) is 16.2. The lowest BCUT2D eigenvalue weighted by Gasteiger charge is -2.28. The van der Waals surface area contributed by atoms with Crippen LogP contribution in [-0.2, 0) is 9.53 Å². The minimum Gasteiger partial charge on any atom is -0.493 e. The Morgan fingerprint density at radius 1 is 1.27 bits per heavy atom. The number of allylic oxidation sites excluding steroid dienone is 1. The lowest BCUT2D eigenvalue weighted by Crippen LogP contribution is -2.29. The van der Waals surface area contributed by atoms with Crippen molar-refractivity contribution in [1.29, 1.82) is 0 Å². The van der Waals surface area contributed by atoms with Crippen molar-refractivity contribution in [1.82, 2.24) is 14.8 Å². The van der Waals surface area contributed by atoms with Gasteiger partial charge >= 0.3 is 5.97 Å². The highest BCUT2D eigenvalue weighted by Gasteiger charge is 2.34. The summed E-state index contributed by atoms with van der Waals surface area (Å²) in [6.07, 6.45) is 1.46. The van der Waals surface area contributed by atoms with E-state index in [-0.39, 0.29) is 6.10 Å². The Hall–Kier alpha value is -3.03. The monoisotopic (exact) mass is 358 g/mol. The Balaban J connectivity index is 2.12. The van der Waals surface area contributed by atoms with Crippen molar-refractivity contribution in [3.05, 3.63) is 41.4 Å². The van der Waals surface area contributed by atoms with Crippen LogP contribution in [0.3, 0.4) is 0 Å². The van der Waals surface area contributed by atoms with Gasteiger partial charge < -0.3 is 19.5 Å². The largest absolute Gasteiger partial charge is 0.493 e. The second-order valence-electron chi connectivity index (χ2n) is 6.16. The first kappa shape index (κ1) is 17.8. The molecule has 8 nitrogen and oxygen atoms in total. The van der Waals surface area contributed by atoms with E-state index < -0.39 is 12.0 Å². The molecule has 1 atom stereocenters. The highest BCUT2D eigenvalue weighted by atomic mass is 16.5. The van der Waals surface area contributed by atoms with E-state index in [9.17, 15) is 4.79 Å². The standard InChI is InChI=1S/C18H22N4O4/c1-10(2)26-13-7-6-12(8-14(13)24-4)16-15(17(23)25-5)11(3)21-18-19-9-20-22(16)18/h6-10,16H,1-5H3,(H,19,20,21). The first-order chi connectivity index (χ1) is 12.5. The van der Waals surface area contributed by atoms with E-state index in [2.05, 4.69) is 15.4 Å². The van der Waals surface area contributed by atoms with Crippen molar-refractivity contribution in [3.8, 4) is 11.5 Å². The van der Waals surface area contributed by atoms with Crippen molar-refractivity contribution in [2.75, 3.05) is 19.5 Å². The van der Waals surface area contributed by atoms with Crippen molar-refractivity contribution in [2.24, 2.45) is 0 Å². The maximum Gasteiger partial charge on any atom is 0.338 e. The first-order valence-corrected chi connectivity index (χ1v) is 8.26. The molecule has 26 heavy (non-hydrogen) atoms. The number of anilines is 1. The maximum atomic E-state index is 12.4. The summed E-state index contributed by atoms with van der Waals surface area (Å²) in [6, 6.07) is 5.08. The molecule has 8 heteroatoms. The molecule has 0 aliphatic carbocycles. The summed E-state index contributed by atoms with van der Waals surface area (Å²) in [5, 5.41) is 7.35. The second-order valence-corrected chi connectivity index (χ2v) is 6.16. The molecular weight excluding hydrogens is 336 g/mol. The predicted octanol–water partition coefficient (Wildman–Crippen LogP) is 2.54. The van der Waals surface area contributed by atoms with Crippen LogP contribution in [0.2, 0.25) is 0 Å². The average molecular weight is 358 g/mol. The minimum absolute atomic E-state index is 0.0170. The van der Waals surface area contributed by atoms with Crippen LogP contribution >= 0.6 is 0 Å². The zero-order valence-corrected chi connectivity index (χ0v) is 15.4. The van der Waals surface area contributed by atoms with Gasteiger partial charge in [0.25, 0.3) is 0 Å². The molecule has 0 radical (unpaired) electrons. The Morgan fingerprint density at radius 3 is 2.69 bits per heavy atom. The fourth-order valence-electron chi connectivity index (χ4n) is 2.98. The van der Waals surface area contributed by atoms with E-state index in [1.54, 1.807) is 11.8 Å². The number of nitrogens with zero attached hydrogens (tertiary/aromatic N) is 3.